The van der Waals surface area contributed by atoms with Gasteiger partial charge in [0.15, 0.2) is 0 Å². The molecule has 112 valence electrons. The topological polar surface area (TPSA) is 69.8 Å². The molecule has 0 bridgehead atoms. The van der Waals surface area contributed by atoms with Crippen LogP contribution in [0.4, 0.5) is 5.69 Å². The van der Waals surface area contributed by atoms with Crippen molar-refractivity contribution in [1.29, 1.82) is 0 Å². The van der Waals surface area contributed by atoms with Crippen LogP contribution in [-0.4, -0.2) is 16.1 Å². The molecule has 0 aliphatic rings. The van der Waals surface area contributed by atoms with E-state index in [1.165, 1.54) is 12.5 Å². The van der Waals surface area contributed by atoms with E-state index in [0.717, 1.165) is 35.2 Å². The highest BCUT2D eigenvalue weighted by Crippen LogP contribution is 2.16. The van der Waals surface area contributed by atoms with Crippen LogP contribution >= 0.6 is 0 Å². The standard InChI is InChI=1S/C17H18N4O/c1-12(22)20-16-7-2-4-13(8-16)9-18-10-14-5-3-6-15-11-19-21-17(14)15/h2-8,11,18H,9-10H2,1H3,(H,19,21)(H,20,22). The number of amides is 1. The number of nitrogens with one attached hydrogen (secondary N) is 3. The molecule has 0 saturated carbocycles. The highest BCUT2D eigenvalue weighted by molar-refractivity contribution is 5.88. The Kier molecular flexibility index (Phi) is 4.16. The first-order chi connectivity index (χ1) is 10.7. The minimum Gasteiger partial charge on any atom is -0.326 e. The lowest BCUT2D eigenvalue weighted by molar-refractivity contribution is -0.114. The van der Waals surface area contributed by atoms with Crippen molar-refractivity contribution in [2.75, 3.05) is 5.32 Å². The van der Waals surface area contributed by atoms with Gasteiger partial charge in [-0.3, -0.25) is 9.89 Å². The Morgan fingerprint density at radius 3 is 2.91 bits per heavy atom. The van der Waals surface area contributed by atoms with Gasteiger partial charge in [-0.25, -0.2) is 0 Å². The van der Waals surface area contributed by atoms with Crippen LogP contribution in [-0.2, 0) is 17.9 Å². The maximum atomic E-state index is 11.1. The van der Waals surface area contributed by atoms with Crippen molar-refractivity contribution in [3.8, 4) is 0 Å². The van der Waals surface area contributed by atoms with E-state index in [0.29, 0.717) is 0 Å². The summed E-state index contributed by atoms with van der Waals surface area (Å²) in [5.74, 6) is -0.0592. The fraction of sp³-hybridized carbons (Fsp3) is 0.176. The molecule has 3 N–H and O–H groups in total. The predicted octanol–water partition coefficient (Wildman–Crippen LogP) is 2.81. The molecule has 1 heterocycles. The Morgan fingerprint density at radius 1 is 1.18 bits per heavy atom. The third-order valence-corrected chi connectivity index (χ3v) is 3.45. The monoisotopic (exact) mass is 294 g/mol. The molecule has 0 aliphatic heterocycles. The van der Waals surface area contributed by atoms with E-state index >= 15 is 0 Å². The number of H-pyrrole nitrogens is 1. The Labute approximate surface area is 128 Å². The number of carbonyl (C=O) groups is 1. The highest BCUT2D eigenvalue weighted by atomic mass is 16.1. The van der Waals surface area contributed by atoms with E-state index in [1.807, 2.05) is 42.6 Å². The van der Waals surface area contributed by atoms with E-state index in [2.05, 4.69) is 26.9 Å². The zero-order chi connectivity index (χ0) is 15.4. The Morgan fingerprint density at radius 2 is 2.05 bits per heavy atom. The zero-order valence-electron chi connectivity index (χ0n) is 12.4. The number of nitrogens with zero attached hydrogens (tertiary/aromatic N) is 1. The number of para-hydroxylation sites is 1. The number of hydrogen-bond acceptors (Lipinski definition) is 3. The Hall–Kier alpha value is -2.66. The quantitative estimate of drug-likeness (QED) is 0.677. The van der Waals surface area contributed by atoms with Crippen molar-refractivity contribution in [2.45, 2.75) is 20.0 Å². The van der Waals surface area contributed by atoms with Crippen molar-refractivity contribution in [1.82, 2.24) is 15.5 Å². The molecule has 5 nitrogen and oxygen atoms in total. The number of anilines is 1. The number of hydrogen-bond donors (Lipinski definition) is 3. The normalized spacial score (nSPS) is 10.8. The maximum absolute atomic E-state index is 11.1. The van der Waals surface area contributed by atoms with Crippen LogP contribution in [0.15, 0.2) is 48.7 Å². The molecule has 3 aromatic rings. The molecule has 0 radical (unpaired) electrons. The number of carbonyl (C=O) groups excluding carboxylic acids is 1. The van der Waals surface area contributed by atoms with E-state index in [4.69, 9.17) is 0 Å². The first kappa shape index (κ1) is 14.3. The second-order valence-electron chi connectivity index (χ2n) is 5.24. The van der Waals surface area contributed by atoms with Crippen LogP contribution in [0.25, 0.3) is 10.9 Å². The average Bonchev–Trinajstić information content (AvgIpc) is 2.96. The second kappa shape index (κ2) is 6.41. The van der Waals surface area contributed by atoms with Crippen LogP contribution < -0.4 is 10.6 Å². The fourth-order valence-corrected chi connectivity index (χ4v) is 2.48. The summed E-state index contributed by atoms with van der Waals surface area (Å²) in [4.78, 5) is 11.1. The predicted molar refractivity (Wildman–Crippen MR) is 87.4 cm³/mol. The van der Waals surface area contributed by atoms with E-state index < -0.39 is 0 Å². The molecule has 2 aromatic carbocycles. The summed E-state index contributed by atoms with van der Waals surface area (Å²) >= 11 is 0. The van der Waals surface area contributed by atoms with Gasteiger partial charge in [0.1, 0.15) is 0 Å². The zero-order valence-corrected chi connectivity index (χ0v) is 12.4. The summed E-state index contributed by atoms with van der Waals surface area (Å²) in [7, 11) is 0. The fourth-order valence-electron chi connectivity index (χ4n) is 2.48. The molecule has 1 aromatic heterocycles. The Bertz CT molecular complexity index is 794. The van der Waals surface area contributed by atoms with Gasteiger partial charge in [0, 0.05) is 31.1 Å². The first-order valence-corrected chi connectivity index (χ1v) is 7.20. The van der Waals surface area contributed by atoms with E-state index in [-0.39, 0.29) is 5.91 Å². The van der Waals surface area contributed by atoms with Crippen LogP contribution in [0.3, 0.4) is 0 Å². The van der Waals surface area contributed by atoms with Gasteiger partial charge < -0.3 is 10.6 Å². The maximum Gasteiger partial charge on any atom is 0.221 e. The third kappa shape index (κ3) is 3.32. The third-order valence-electron chi connectivity index (χ3n) is 3.45. The van der Waals surface area contributed by atoms with E-state index in [9.17, 15) is 4.79 Å². The van der Waals surface area contributed by atoms with Crippen molar-refractivity contribution in [3.05, 3.63) is 59.8 Å². The largest absolute Gasteiger partial charge is 0.326 e. The second-order valence-corrected chi connectivity index (χ2v) is 5.24. The molecule has 0 fully saturated rings. The van der Waals surface area contributed by atoms with Crippen LogP contribution in [0, 0.1) is 0 Å². The molecule has 0 aliphatic carbocycles. The van der Waals surface area contributed by atoms with Gasteiger partial charge in [0.2, 0.25) is 5.91 Å². The average molecular weight is 294 g/mol. The van der Waals surface area contributed by atoms with Crippen LogP contribution in [0.5, 0.6) is 0 Å². The van der Waals surface area contributed by atoms with Gasteiger partial charge in [-0.1, -0.05) is 30.3 Å². The molecule has 0 saturated heterocycles. The molecular weight excluding hydrogens is 276 g/mol. The number of aromatic nitrogens is 2. The van der Waals surface area contributed by atoms with Gasteiger partial charge in [0.05, 0.1) is 11.7 Å². The molecule has 0 atom stereocenters. The smallest absolute Gasteiger partial charge is 0.221 e. The van der Waals surface area contributed by atoms with Gasteiger partial charge in [-0.2, -0.15) is 5.10 Å². The molecule has 22 heavy (non-hydrogen) atoms. The van der Waals surface area contributed by atoms with Crippen molar-refractivity contribution < 1.29 is 4.79 Å². The molecule has 0 unspecified atom stereocenters. The minimum atomic E-state index is -0.0592. The molecule has 1 amide bonds. The summed E-state index contributed by atoms with van der Waals surface area (Å²) in [6, 6.07) is 14.0. The Balaban J connectivity index is 1.63. The number of rotatable bonds is 5. The summed E-state index contributed by atoms with van der Waals surface area (Å²) in [6.45, 7) is 3.00. The minimum absolute atomic E-state index is 0.0592. The van der Waals surface area contributed by atoms with Gasteiger partial charge >= 0.3 is 0 Å². The van der Waals surface area contributed by atoms with Gasteiger partial charge in [-0.15, -0.1) is 0 Å². The van der Waals surface area contributed by atoms with Gasteiger partial charge in [0.25, 0.3) is 0 Å². The van der Waals surface area contributed by atoms with Gasteiger partial charge in [-0.05, 0) is 23.3 Å². The lowest BCUT2D eigenvalue weighted by Gasteiger charge is -2.08. The number of aromatic amines is 1. The van der Waals surface area contributed by atoms with Crippen molar-refractivity contribution >= 4 is 22.5 Å². The van der Waals surface area contributed by atoms with Crippen molar-refractivity contribution in [2.24, 2.45) is 0 Å². The summed E-state index contributed by atoms with van der Waals surface area (Å²) in [5.41, 5.74) is 4.21. The number of fused-ring (bicyclic) bond motifs is 1. The first-order valence-electron chi connectivity index (χ1n) is 7.20. The lowest BCUT2D eigenvalue weighted by Crippen LogP contribution is -2.13. The highest BCUT2D eigenvalue weighted by Gasteiger charge is 2.03. The molecular formula is C17H18N4O. The molecule has 3 rings (SSSR count). The molecule has 5 heteroatoms. The lowest BCUT2D eigenvalue weighted by atomic mass is 10.1. The molecule has 0 spiro atoms. The summed E-state index contributed by atoms with van der Waals surface area (Å²) < 4.78 is 0. The van der Waals surface area contributed by atoms with Crippen LogP contribution in [0.1, 0.15) is 18.1 Å². The summed E-state index contributed by atoms with van der Waals surface area (Å²) in [5, 5.41) is 14.4. The SMILES string of the molecule is CC(=O)Nc1cccc(CNCc2cccc3cn[nH]c23)c1. The van der Waals surface area contributed by atoms with E-state index in [1.54, 1.807) is 0 Å². The van der Waals surface area contributed by atoms with Crippen molar-refractivity contribution in [3.63, 3.8) is 0 Å². The summed E-state index contributed by atoms with van der Waals surface area (Å²) in [6.07, 6.45) is 1.83. The van der Waals surface area contributed by atoms with Crippen LogP contribution in [0.2, 0.25) is 0 Å². The number of benzene rings is 2.